The smallest absolute Gasteiger partial charge is 0.272 e. The number of nitrogens with one attached hydrogen (secondary N) is 1. The minimum Gasteiger partial charge on any atom is -0.333 e. The topological polar surface area (TPSA) is 49.3 Å². The summed E-state index contributed by atoms with van der Waals surface area (Å²) < 4.78 is 12.5. The number of benzene rings is 3. The van der Waals surface area contributed by atoms with E-state index in [1.807, 2.05) is 79.7 Å². The normalized spacial score (nSPS) is 15.2. The predicted octanol–water partition coefficient (Wildman–Crippen LogP) is 4.88. The second kappa shape index (κ2) is 6.67. The Kier molecular flexibility index (Phi) is 4.63. The second-order valence-corrected chi connectivity index (χ2v) is 7.74. The third-order valence-corrected chi connectivity index (χ3v) is 5.51. The van der Waals surface area contributed by atoms with E-state index in [2.05, 4.69) is 5.09 Å². The molecule has 2 N–H and O–H groups in total. The van der Waals surface area contributed by atoms with E-state index in [9.17, 15) is 9.46 Å². The summed E-state index contributed by atoms with van der Waals surface area (Å²) in [7, 11) is -3.46. The van der Waals surface area contributed by atoms with Gasteiger partial charge in [0.05, 0.1) is 6.16 Å². The van der Waals surface area contributed by atoms with Crippen LogP contribution in [0.2, 0.25) is 0 Å². The molecule has 0 saturated heterocycles. The molecule has 23 heavy (non-hydrogen) atoms. The minimum absolute atomic E-state index is 0.128. The molecule has 0 fully saturated rings. The van der Waals surface area contributed by atoms with Crippen LogP contribution in [0, 0.1) is 0 Å². The first-order chi connectivity index (χ1) is 11.1. The van der Waals surface area contributed by atoms with Gasteiger partial charge in [-0.15, -0.1) is 0 Å². The van der Waals surface area contributed by atoms with Crippen LogP contribution in [0.5, 0.6) is 0 Å². The Morgan fingerprint density at radius 2 is 1.61 bits per heavy atom. The predicted molar refractivity (Wildman–Crippen MR) is 95.5 cm³/mol. The van der Waals surface area contributed by atoms with Gasteiger partial charge in [-0.2, -0.15) is 0 Å². The van der Waals surface area contributed by atoms with E-state index < -0.39 is 7.52 Å². The second-order valence-electron chi connectivity index (χ2n) is 5.76. The van der Waals surface area contributed by atoms with Gasteiger partial charge in [-0.3, -0.25) is 4.57 Å². The summed E-state index contributed by atoms with van der Waals surface area (Å²) in [6.07, 6.45) is 0.128. The van der Waals surface area contributed by atoms with Crippen LogP contribution in [0.1, 0.15) is 24.1 Å². The Morgan fingerprint density at radius 3 is 2.39 bits per heavy atom. The van der Waals surface area contributed by atoms with E-state index in [0.29, 0.717) is 0 Å². The summed E-state index contributed by atoms with van der Waals surface area (Å²) in [5.74, 6) is 0. The molecule has 0 radical (unpaired) electrons. The lowest BCUT2D eigenvalue weighted by Crippen LogP contribution is -2.16. The van der Waals surface area contributed by atoms with E-state index in [1.165, 1.54) is 0 Å². The van der Waals surface area contributed by atoms with Gasteiger partial charge in [-0.25, -0.2) is 5.09 Å². The van der Waals surface area contributed by atoms with Gasteiger partial charge < -0.3 is 4.89 Å². The molecule has 0 saturated carbocycles. The molecule has 0 spiro atoms. The number of rotatable bonds is 5. The van der Waals surface area contributed by atoms with Gasteiger partial charge in [0.15, 0.2) is 0 Å². The molecule has 0 heterocycles. The molecule has 3 rings (SSSR count). The Hall–Kier alpha value is -1.93. The lowest BCUT2D eigenvalue weighted by atomic mass is 10.0. The molecule has 2 unspecified atom stereocenters. The van der Waals surface area contributed by atoms with Crippen LogP contribution in [-0.4, -0.2) is 4.89 Å². The van der Waals surface area contributed by atoms with Crippen molar-refractivity contribution in [2.75, 3.05) is 0 Å². The van der Waals surface area contributed by atoms with Gasteiger partial charge in [0.2, 0.25) is 0 Å². The van der Waals surface area contributed by atoms with Crippen molar-refractivity contribution in [3.8, 4) is 0 Å². The molecule has 3 nitrogen and oxygen atoms in total. The molecule has 0 bridgehead atoms. The highest BCUT2D eigenvalue weighted by Crippen LogP contribution is 2.43. The molecule has 2 atom stereocenters. The van der Waals surface area contributed by atoms with Crippen LogP contribution in [0.25, 0.3) is 10.8 Å². The Bertz CT molecular complexity index is 843. The van der Waals surface area contributed by atoms with Gasteiger partial charge in [0, 0.05) is 6.04 Å². The summed E-state index contributed by atoms with van der Waals surface area (Å²) in [6.45, 7) is 1.93. The van der Waals surface area contributed by atoms with Gasteiger partial charge in [0.1, 0.15) is 0 Å². The maximum atomic E-state index is 12.5. The van der Waals surface area contributed by atoms with Crippen LogP contribution >= 0.6 is 7.52 Å². The van der Waals surface area contributed by atoms with Crippen molar-refractivity contribution in [3.63, 3.8) is 0 Å². The highest BCUT2D eigenvalue weighted by Gasteiger charge is 2.22. The van der Waals surface area contributed by atoms with Crippen molar-refractivity contribution in [1.82, 2.24) is 5.09 Å². The molecule has 0 aromatic heterocycles. The van der Waals surface area contributed by atoms with E-state index in [0.717, 1.165) is 21.9 Å². The molecule has 0 aliphatic carbocycles. The van der Waals surface area contributed by atoms with Crippen LogP contribution in [0.3, 0.4) is 0 Å². The zero-order valence-electron chi connectivity index (χ0n) is 13.0. The van der Waals surface area contributed by atoms with Crippen LogP contribution in [0.4, 0.5) is 0 Å². The van der Waals surface area contributed by atoms with Crippen LogP contribution < -0.4 is 5.09 Å². The van der Waals surface area contributed by atoms with E-state index in [4.69, 9.17) is 0 Å². The minimum atomic E-state index is -3.46. The highest BCUT2D eigenvalue weighted by molar-refractivity contribution is 7.55. The molecule has 3 aromatic carbocycles. The van der Waals surface area contributed by atoms with Crippen molar-refractivity contribution < 1.29 is 9.46 Å². The fourth-order valence-electron chi connectivity index (χ4n) is 2.88. The lowest BCUT2D eigenvalue weighted by Gasteiger charge is -2.21. The molecule has 3 aromatic rings. The Labute approximate surface area is 136 Å². The standard InChI is InChI=1S/C19H20NO2P/c1-15(18-13-7-11-17-10-5-6-12-19(17)18)20-23(21,22)14-16-8-3-2-4-9-16/h2-13,15H,14H2,1H3,(H2,20,21,22). The first-order valence-corrected chi connectivity index (χ1v) is 9.51. The van der Waals surface area contributed by atoms with Gasteiger partial charge in [-0.1, -0.05) is 72.8 Å². The summed E-state index contributed by atoms with van der Waals surface area (Å²) in [6, 6.07) is 23.3. The maximum absolute atomic E-state index is 12.5. The summed E-state index contributed by atoms with van der Waals surface area (Å²) in [4.78, 5) is 10.3. The van der Waals surface area contributed by atoms with Crippen molar-refractivity contribution in [2.24, 2.45) is 0 Å². The average Bonchev–Trinajstić information content (AvgIpc) is 2.54. The summed E-state index contributed by atoms with van der Waals surface area (Å²) >= 11 is 0. The first kappa shape index (κ1) is 15.9. The van der Waals surface area contributed by atoms with Gasteiger partial charge in [-0.05, 0) is 28.8 Å². The molecule has 0 aliphatic rings. The zero-order valence-corrected chi connectivity index (χ0v) is 13.9. The molecule has 118 valence electrons. The van der Waals surface area contributed by atoms with Crippen molar-refractivity contribution >= 4 is 18.3 Å². The molecular formula is C19H20NO2P. The summed E-state index contributed by atoms with van der Waals surface area (Å²) in [5, 5.41) is 5.16. The van der Waals surface area contributed by atoms with E-state index in [-0.39, 0.29) is 12.2 Å². The number of fused-ring (bicyclic) bond motifs is 1. The zero-order chi connectivity index (χ0) is 16.3. The van der Waals surface area contributed by atoms with E-state index >= 15 is 0 Å². The van der Waals surface area contributed by atoms with Gasteiger partial charge in [0.25, 0.3) is 7.52 Å². The number of hydrogen-bond acceptors (Lipinski definition) is 1. The van der Waals surface area contributed by atoms with E-state index in [1.54, 1.807) is 0 Å². The van der Waals surface area contributed by atoms with Crippen molar-refractivity contribution in [1.29, 1.82) is 0 Å². The van der Waals surface area contributed by atoms with Crippen LogP contribution in [-0.2, 0) is 10.7 Å². The summed E-state index contributed by atoms with van der Waals surface area (Å²) in [5.41, 5.74) is 1.89. The average molecular weight is 325 g/mol. The monoisotopic (exact) mass is 325 g/mol. The SMILES string of the molecule is CC(NP(=O)(O)Cc1ccccc1)c1cccc2ccccc12. The fraction of sp³-hybridized carbons (Fsp3) is 0.158. The number of hydrogen-bond donors (Lipinski definition) is 2. The Morgan fingerprint density at radius 1 is 0.957 bits per heavy atom. The molecular weight excluding hydrogens is 305 g/mol. The van der Waals surface area contributed by atoms with Crippen molar-refractivity contribution in [2.45, 2.75) is 19.1 Å². The third-order valence-electron chi connectivity index (χ3n) is 3.92. The molecule has 4 heteroatoms. The lowest BCUT2D eigenvalue weighted by molar-refractivity contribution is 0.452. The van der Waals surface area contributed by atoms with Crippen molar-refractivity contribution in [3.05, 3.63) is 83.9 Å². The maximum Gasteiger partial charge on any atom is 0.272 e. The Balaban J connectivity index is 1.82. The third kappa shape index (κ3) is 3.89. The highest BCUT2D eigenvalue weighted by atomic mass is 31.2. The largest absolute Gasteiger partial charge is 0.333 e. The van der Waals surface area contributed by atoms with Crippen LogP contribution in [0.15, 0.2) is 72.8 Å². The fourth-order valence-corrected chi connectivity index (χ4v) is 4.42. The first-order valence-electron chi connectivity index (χ1n) is 7.66. The molecule has 0 aliphatic heterocycles. The quantitative estimate of drug-likeness (QED) is 0.658. The molecule has 0 amide bonds. The van der Waals surface area contributed by atoms with Gasteiger partial charge >= 0.3 is 0 Å².